The first-order chi connectivity index (χ1) is 14.0. The lowest BCUT2D eigenvalue weighted by Crippen LogP contribution is -2.40. The molecule has 0 fully saturated rings. The topological polar surface area (TPSA) is 61.8 Å². The lowest BCUT2D eigenvalue weighted by molar-refractivity contribution is 0.624. The molecule has 0 atom stereocenters. The van der Waals surface area contributed by atoms with E-state index in [1.165, 1.54) is 23.0 Å². The van der Waals surface area contributed by atoms with Crippen LogP contribution in [-0.4, -0.2) is 18.7 Å². The predicted octanol–water partition coefficient (Wildman–Crippen LogP) is 3.38. The molecule has 0 amide bonds. The van der Waals surface area contributed by atoms with Crippen molar-refractivity contribution in [2.45, 2.75) is 13.1 Å². The minimum atomic E-state index is -0.544. The third kappa shape index (κ3) is 3.40. The third-order valence-corrected chi connectivity index (χ3v) is 4.82. The maximum Gasteiger partial charge on any atom is 0.337 e. The predicted molar refractivity (Wildman–Crippen MR) is 110 cm³/mol. The van der Waals surface area contributed by atoms with Crippen LogP contribution in [0.4, 0.5) is 4.39 Å². The number of imidazole rings is 1. The van der Waals surface area contributed by atoms with E-state index in [4.69, 9.17) is 11.6 Å². The Balaban J connectivity index is 2.01. The number of nitrogens with zero attached hydrogens (tertiary/aromatic N) is 4. The Morgan fingerprint density at radius 1 is 1.07 bits per heavy atom. The molecule has 0 bridgehead atoms. The van der Waals surface area contributed by atoms with Crippen molar-refractivity contribution in [1.82, 2.24) is 18.7 Å². The van der Waals surface area contributed by atoms with Gasteiger partial charge in [0.25, 0.3) is 5.56 Å². The number of hydrogen-bond donors (Lipinski definition) is 0. The van der Waals surface area contributed by atoms with Crippen molar-refractivity contribution in [3.63, 3.8) is 0 Å². The van der Waals surface area contributed by atoms with Crippen LogP contribution in [0.5, 0.6) is 0 Å². The molecule has 0 aliphatic heterocycles. The van der Waals surface area contributed by atoms with Gasteiger partial charge in [0.1, 0.15) is 5.82 Å². The summed E-state index contributed by atoms with van der Waals surface area (Å²) in [6, 6.07) is 12.3. The highest BCUT2D eigenvalue weighted by molar-refractivity contribution is 6.30. The first kappa shape index (κ1) is 18.9. The number of aromatic nitrogens is 4. The van der Waals surface area contributed by atoms with E-state index in [1.54, 1.807) is 47.0 Å². The summed E-state index contributed by atoms with van der Waals surface area (Å²) in [6.07, 6.45) is 3.14. The summed E-state index contributed by atoms with van der Waals surface area (Å²) in [5.41, 5.74) is 0.668. The largest absolute Gasteiger partial charge is 0.337 e. The van der Waals surface area contributed by atoms with Crippen LogP contribution in [0.1, 0.15) is 5.56 Å². The van der Waals surface area contributed by atoms with Gasteiger partial charge in [0.15, 0.2) is 11.2 Å². The van der Waals surface area contributed by atoms with E-state index in [2.05, 4.69) is 11.6 Å². The fraction of sp³-hybridized carbons (Fsp3) is 0.0952. The smallest absolute Gasteiger partial charge is 0.321 e. The fourth-order valence-electron chi connectivity index (χ4n) is 3.19. The summed E-state index contributed by atoms with van der Waals surface area (Å²) >= 11 is 5.98. The molecule has 2 aromatic carbocycles. The average Bonchev–Trinajstić information content (AvgIpc) is 3.12. The van der Waals surface area contributed by atoms with Crippen molar-refractivity contribution >= 4 is 22.8 Å². The first-order valence-electron chi connectivity index (χ1n) is 8.81. The summed E-state index contributed by atoms with van der Waals surface area (Å²) in [4.78, 5) is 30.8. The zero-order valence-electron chi connectivity index (χ0n) is 15.3. The van der Waals surface area contributed by atoms with E-state index in [1.807, 2.05) is 0 Å². The molecule has 4 rings (SSSR count). The van der Waals surface area contributed by atoms with Crippen LogP contribution >= 0.6 is 11.6 Å². The molecule has 2 aromatic heterocycles. The van der Waals surface area contributed by atoms with Crippen molar-refractivity contribution < 1.29 is 4.39 Å². The first-order valence-corrected chi connectivity index (χ1v) is 9.19. The van der Waals surface area contributed by atoms with Gasteiger partial charge in [-0.05, 0) is 42.0 Å². The van der Waals surface area contributed by atoms with Gasteiger partial charge >= 0.3 is 5.69 Å². The van der Waals surface area contributed by atoms with Crippen LogP contribution in [0, 0.1) is 5.82 Å². The van der Waals surface area contributed by atoms with Gasteiger partial charge in [-0.15, -0.1) is 6.58 Å². The molecule has 29 heavy (non-hydrogen) atoms. The normalized spacial score (nSPS) is 11.1. The van der Waals surface area contributed by atoms with E-state index in [0.717, 1.165) is 4.57 Å². The second-order valence-electron chi connectivity index (χ2n) is 6.47. The van der Waals surface area contributed by atoms with E-state index < -0.39 is 11.2 Å². The highest BCUT2D eigenvalue weighted by atomic mass is 35.5. The highest BCUT2D eigenvalue weighted by Crippen LogP contribution is 2.16. The molecular formula is C21H16ClFN4O2. The van der Waals surface area contributed by atoms with Gasteiger partial charge in [0.05, 0.1) is 18.6 Å². The monoisotopic (exact) mass is 410 g/mol. The zero-order valence-corrected chi connectivity index (χ0v) is 16.0. The molecule has 0 saturated carbocycles. The number of allylic oxidation sites excluding steroid dienone is 1. The summed E-state index contributed by atoms with van der Waals surface area (Å²) in [7, 11) is 0. The molecule has 8 heteroatoms. The van der Waals surface area contributed by atoms with Crippen LogP contribution in [0.2, 0.25) is 5.02 Å². The summed E-state index contributed by atoms with van der Waals surface area (Å²) in [6.45, 7) is 4.07. The van der Waals surface area contributed by atoms with Gasteiger partial charge in [0, 0.05) is 11.6 Å². The summed E-state index contributed by atoms with van der Waals surface area (Å²) in [5, 5.41) is 0.523. The van der Waals surface area contributed by atoms with E-state index in [0.29, 0.717) is 22.8 Å². The number of benzene rings is 2. The average molecular weight is 411 g/mol. The van der Waals surface area contributed by atoms with Gasteiger partial charge in [0.2, 0.25) is 0 Å². The molecule has 6 nitrogen and oxygen atoms in total. The van der Waals surface area contributed by atoms with Crippen molar-refractivity contribution in [3.8, 4) is 5.69 Å². The van der Waals surface area contributed by atoms with E-state index in [9.17, 15) is 14.0 Å². The summed E-state index contributed by atoms with van der Waals surface area (Å²) < 4.78 is 17.4. The van der Waals surface area contributed by atoms with Gasteiger partial charge in [-0.1, -0.05) is 29.8 Å². The number of rotatable bonds is 5. The maximum atomic E-state index is 13.3. The maximum absolute atomic E-state index is 13.3. The van der Waals surface area contributed by atoms with Crippen molar-refractivity contribution in [2.24, 2.45) is 0 Å². The SMILES string of the molecule is C=CCn1cnc2c1c(=O)n(Cc1ccc(F)cc1)c(=O)n2-c1ccc(Cl)cc1. The number of fused-ring (bicyclic) bond motifs is 1. The summed E-state index contributed by atoms with van der Waals surface area (Å²) in [5.74, 6) is -0.390. The highest BCUT2D eigenvalue weighted by Gasteiger charge is 2.19. The lowest BCUT2D eigenvalue weighted by atomic mass is 10.2. The van der Waals surface area contributed by atoms with Crippen LogP contribution in [0.15, 0.2) is 77.1 Å². The standard InChI is InChI=1S/C21H16ClFN4O2/c1-2-11-25-13-24-19-18(25)20(28)26(12-14-3-7-16(23)8-4-14)21(29)27(19)17-9-5-15(22)6-10-17/h2-10,13H,1,11-12H2. The molecule has 2 heterocycles. The molecule has 0 spiro atoms. The zero-order chi connectivity index (χ0) is 20.5. The Kier molecular flexibility index (Phi) is 4.90. The molecule has 0 saturated heterocycles. The van der Waals surface area contributed by atoms with Crippen LogP contribution in [0.25, 0.3) is 16.9 Å². The van der Waals surface area contributed by atoms with Crippen LogP contribution in [-0.2, 0) is 13.1 Å². The Morgan fingerprint density at radius 2 is 1.76 bits per heavy atom. The Labute approximate surface area is 169 Å². The Bertz CT molecular complexity index is 1320. The number of halogens is 2. The van der Waals surface area contributed by atoms with Crippen molar-refractivity contribution in [1.29, 1.82) is 0 Å². The van der Waals surface area contributed by atoms with Crippen LogP contribution in [0.3, 0.4) is 0 Å². The molecule has 0 unspecified atom stereocenters. The molecule has 0 radical (unpaired) electrons. The molecule has 0 N–H and O–H groups in total. The molecule has 0 aliphatic rings. The van der Waals surface area contributed by atoms with Gasteiger partial charge in [-0.25, -0.2) is 18.7 Å². The molecule has 4 aromatic rings. The van der Waals surface area contributed by atoms with Gasteiger partial charge in [-0.3, -0.25) is 9.36 Å². The lowest BCUT2D eigenvalue weighted by Gasteiger charge is -2.13. The fourth-order valence-corrected chi connectivity index (χ4v) is 3.32. The van der Waals surface area contributed by atoms with E-state index in [-0.39, 0.29) is 23.5 Å². The minimum absolute atomic E-state index is 0.000740. The molecule has 0 aliphatic carbocycles. The second-order valence-corrected chi connectivity index (χ2v) is 6.91. The van der Waals surface area contributed by atoms with E-state index >= 15 is 0 Å². The number of hydrogen-bond acceptors (Lipinski definition) is 3. The second kappa shape index (κ2) is 7.52. The Hall–Kier alpha value is -3.45. The van der Waals surface area contributed by atoms with Crippen molar-refractivity contribution in [2.75, 3.05) is 0 Å². The Morgan fingerprint density at radius 3 is 2.41 bits per heavy atom. The van der Waals surface area contributed by atoms with Gasteiger partial charge < -0.3 is 4.57 Å². The quantitative estimate of drug-likeness (QED) is 0.474. The molecular weight excluding hydrogens is 395 g/mol. The molecule has 146 valence electrons. The minimum Gasteiger partial charge on any atom is -0.321 e. The van der Waals surface area contributed by atoms with Gasteiger partial charge in [-0.2, -0.15) is 0 Å². The third-order valence-electron chi connectivity index (χ3n) is 4.56. The van der Waals surface area contributed by atoms with Crippen LogP contribution < -0.4 is 11.2 Å². The van der Waals surface area contributed by atoms with Crippen molar-refractivity contribution in [3.05, 3.63) is 105 Å².